The van der Waals surface area contributed by atoms with Gasteiger partial charge in [-0.05, 0) is 17.5 Å². The van der Waals surface area contributed by atoms with E-state index in [2.05, 4.69) is 0 Å². The molecule has 4 nitrogen and oxygen atoms in total. The van der Waals surface area contributed by atoms with Crippen LogP contribution in [-0.2, 0) is 11.8 Å². The monoisotopic (exact) mass is 307 g/mol. The van der Waals surface area contributed by atoms with Gasteiger partial charge in [-0.2, -0.15) is 0 Å². The van der Waals surface area contributed by atoms with Crippen molar-refractivity contribution in [1.29, 1.82) is 0 Å². The molecular weight excluding hydrogens is 290 g/mol. The molecule has 0 amide bonds. The fraction of sp³-hybridized carbons (Fsp3) is 0.375. The molecule has 1 aromatic heterocycles. The van der Waals surface area contributed by atoms with Gasteiger partial charge in [0.1, 0.15) is 0 Å². The predicted molar refractivity (Wildman–Crippen MR) is 82.9 cm³/mol. The fourth-order valence-corrected chi connectivity index (χ4v) is 2.75. The standard InChI is InChI=1S/C16H18ClNO3/c1-16(2,8-15(20)21)7-14(19)12-9-18(3)13-6-10(17)4-5-11(12)13/h4-6,9H,7-8H2,1-3H3,(H,20,21). The lowest BCUT2D eigenvalue weighted by atomic mass is 9.82. The summed E-state index contributed by atoms with van der Waals surface area (Å²) in [5, 5.41) is 10.4. The van der Waals surface area contributed by atoms with E-state index in [0.29, 0.717) is 10.6 Å². The van der Waals surface area contributed by atoms with Crippen molar-refractivity contribution in [3.05, 3.63) is 35.0 Å². The lowest BCUT2D eigenvalue weighted by molar-refractivity contribution is -0.139. The average Bonchev–Trinajstić information content (AvgIpc) is 2.64. The average molecular weight is 308 g/mol. The Morgan fingerprint density at radius 2 is 1.95 bits per heavy atom. The Kier molecular flexibility index (Phi) is 4.10. The van der Waals surface area contributed by atoms with Crippen LogP contribution in [0.2, 0.25) is 5.02 Å². The molecule has 1 N–H and O–H groups in total. The van der Waals surface area contributed by atoms with Crippen LogP contribution in [0.15, 0.2) is 24.4 Å². The van der Waals surface area contributed by atoms with Crippen molar-refractivity contribution in [2.45, 2.75) is 26.7 Å². The van der Waals surface area contributed by atoms with Crippen molar-refractivity contribution in [3.8, 4) is 0 Å². The molecule has 0 aliphatic heterocycles. The first kappa shape index (κ1) is 15.6. The molecule has 0 saturated carbocycles. The van der Waals surface area contributed by atoms with Crippen LogP contribution in [0.1, 0.15) is 37.0 Å². The first-order chi connectivity index (χ1) is 9.69. The van der Waals surface area contributed by atoms with Crippen LogP contribution < -0.4 is 0 Å². The molecule has 21 heavy (non-hydrogen) atoms. The molecule has 0 saturated heterocycles. The number of carboxylic acids is 1. The predicted octanol–water partition coefficient (Wildman–Crippen LogP) is 3.91. The highest BCUT2D eigenvalue weighted by Crippen LogP contribution is 2.30. The number of aliphatic carboxylic acids is 1. The minimum absolute atomic E-state index is 0.0324. The quantitative estimate of drug-likeness (QED) is 0.852. The third-order valence-corrected chi connectivity index (χ3v) is 3.76. The highest BCUT2D eigenvalue weighted by Gasteiger charge is 2.27. The Hall–Kier alpha value is -1.81. The topological polar surface area (TPSA) is 59.3 Å². The van der Waals surface area contributed by atoms with Crippen molar-refractivity contribution >= 4 is 34.3 Å². The van der Waals surface area contributed by atoms with Gasteiger partial charge in [-0.25, -0.2) is 0 Å². The van der Waals surface area contributed by atoms with E-state index in [9.17, 15) is 9.59 Å². The number of fused-ring (bicyclic) bond motifs is 1. The van der Waals surface area contributed by atoms with Crippen molar-refractivity contribution in [2.24, 2.45) is 12.5 Å². The summed E-state index contributed by atoms with van der Waals surface area (Å²) in [7, 11) is 1.86. The molecule has 0 fully saturated rings. The van der Waals surface area contributed by atoms with Gasteiger partial charge in [0.2, 0.25) is 0 Å². The maximum Gasteiger partial charge on any atom is 0.303 e. The van der Waals surface area contributed by atoms with Crippen LogP contribution >= 0.6 is 11.6 Å². The van der Waals surface area contributed by atoms with E-state index in [1.807, 2.05) is 23.7 Å². The van der Waals surface area contributed by atoms with E-state index in [1.54, 1.807) is 26.1 Å². The molecule has 1 heterocycles. The van der Waals surface area contributed by atoms with Gasteiger partial charge >= 0.3 is 5.97 Å². The highest BCUT2D eigenvalue weighted by atomic mass is 35.5. The Morgan fingerprint density at radius 1 is 1.29 bits per heavy atom. The minimum Gasteiger partial charge on any atom is -0.481 e. The summed E-state index contributed by atoms with van der Waals surface area (Å²) in [6, 6.07) is 5.40. The molecular formula is C16H18ClNO3. The van der Waals surface area contributed by atoms with Crippen LogP contribution in [0.3, 0.4) is 0 Å². The lowest BCUT2D eigenvalue weighted by Gasteiger charge is -2.21. The number of aryl methyl sites for hydroxylation is 1. The second-order valence-electron chi connectivity index (χ2n) is 6.15. The summed E-state index contributed by atoms with van der Waals surface area (Å²) in [6.45, 7) is 3.59. The Bertz CT molecular complexity index is 716. The number of carbonyl (C=O) groups is 2. The summed E-state index contributed by atoms with van der Waals surface area (Å²) in [6.07, 6.45) is 1.94. The van der Waals surface area contributed by atoms with Crippen molar-refractivity contribution in [3.63, 3.8) is 0 Å². The molecule has 0 spiro atoms. The summed E-state index contributed by atoms with van der Waals surface area (Å²) >= 11 is 5.98. The van der Waals surface area contributed by atoms with Gasteiger partial charge in [0.25, 0.3) is 0 Å². The van der Waals surface area contributed by atoms with Gasteiger partial charge in [0.15, 0.2) is 5.78 Å². The number of hydrogen-bond donors (Lipinski definition) is 1. The maximum atomic E-state index is 12.5. The summed E-state index contributed by atoms with van der Waals surface area (Å²) in [4.78, 5) is 23.4. The number of hydrogen-bond acceptors (Lipinski definition) is 2. The van der Waals surface area contributed by atoms with Crippen LogP contribution in [0, 0.1) is 5.41 Å². The normalized spacial score (nSPS) is 11.8. The number of carbonyl (C=O) groups excluding carboxylic acids is 1. The molecule has 5 heteroatoms. The first-order valence-electron chi connectivity index (χ1n) is 6.69. The van der Waals surface area contributed by atoms with Crippen molar-refractivity contribution < 1.29 is 14.7 Å². The fourth-order valence-electron chi connectivity index (χ4n) is 2.58. The number of nitrogens with zero attached hydrogens (tertiary/aromatic N) is 1. The van der Waals surface area contributed by atoms with Gasteiger partial charge in [-0.3, -0.25) is 9.59 Å². The van der Waals surface area contributed by atoms with Crippen LogP contribution in [0.4, 0.5) is 0 Å². The molecule has 0 atom stereocenters. The van der Waals surface area contributed by atoms with Gasteiger partial charge in [0.05, 0.1) is 6.42 Å². The Morgan fingerprint density at radius 3 is 2.57 bits per heavy atom. The number of carboxylic acid groups (broad SMARTS) is 1. The van der Waals surface area contributed by atoms with E-state index < -0.39 is 11.4 Å². The van der Waals surface area contributed by atoms with E-state index in [0.717, 1.165) is 10.9 Å². The van der Waals surface area contributed by atoms with Crippen LogP contribution in [0.5, 0.6) is 0 Å². The van der Waals surface area contributed by atoms with E-state index in [4.69, 9.17) is 16.7 Å². The zero-order valence-electron chi connectivity index (χ0n) is 12.3. The van der Waals surface area contributed by atoms with Gasteiger partial charge < -0.3 is 9.67 Å². The van der Waals surface area contributed by atoms with Crippen LogP contribution in [-0.4, -0.2) is 21.4 Å². The SMILES string of the molecule is Cn1cc(C(=O)CC(C)(C)CC(=O)O)c2ccc(Cl)cc21. The molecule has 2 aromatic rings. The highest BCUT2D eigenvalue weighted by molar-refractivity contribution is 6.31. The summed E-state index contributed by atoms with van der Waals surface area (Å²) in [5.74, 6) is -0.938. The second-order valence-corrected chi connectivity index (χ2v) is 6.59. The molecule has 0 aliphatic rings. The molecule has 1 aromatic carbocycles. The van der Waals surface area contributed by atoms with E-state index in [1.165, 1.54) is 0 Å². The number of benzene rings is 1. The number of halogens is 1. The summed E-state index contributed by atoms with van der Waals surface area (Å²) in [5.41, 5.74) is 0.932. The van der Waals surface area contributed by atoms with Crippen LogP contribution in [0.25, 0.3) is 10.9 Å². The third kappa shape index (κ3) is 3.45. The number of aromatic nitrogens is 1. The Labute approximate surface area is 128 Å². The molecule has 0 radical (unpaired) electrons. The first-order valence-corrected chi connectivity index (χ1v) is 7.07. The van der Waals surface area contributed by atoms with Gasteiger partial charge in [0, 0.05) is 41.2 Å². The molecule has 0 aliphatic carbocycles. The maximum absolute atomic E-state index is 12.5. The lowest BCUT2D eigenvalue weighted by Crippen LogP contribution is -2.21. The number of Topliss-reactive ketones (excluding diaryl/α,β-unsaturated/α-hetero) is 1. The minimum atomic E-state index is -0.891. The molecule has 2 rings (SSSR count). The number of rotatable bonds is 5. The molecule has 0 unspecified atom stereocenters. The van der Waals surface area contributed by atoms with Crippen molar-refractivity contribution in [1.82, 2.24) is 4.57 Å². The van der Waals surface area contributed by atoms with Crippen molar-refractivity contribution in [2.75, 3.05) is 0 Å². The van der Waals surface area contributed by atoms with Gasteiger partial charge in [-0.1, -0.05) is 31.5 Å². The van der Waals surface area contributed by atoms with Gasteiger partial charge in [-0.15, -0.1) is 0 Å². The number of ketones is 1. The van der Waals surface area contributed by atoms with E-state index in [-0.39, 0.29) is 18.6 Å². The smallest absolute Gasteiger partial charge is 0.303 e. The molecule has 112 valence electrons. The third-order valence-electron chi connectivity index (χ3n) is 3.52. The Balaban J connectivity index is 2.34. The zero-order chi connectivity index (χ0) is 15.8. The van der Waals surface area contributed by atoms with E-state index >= 15 is 0 Å². The second kappa shape index (κ2) is 5.53. The summed E-state index contributed by atoms with van der Waals surface area (Å²) < 4.78 is 1.86. The zero-order valence-corrected chi connectivity index (χ0v) is 13.1. The largest absolute Gasteiger partial charge is 0.481 e. The molecule has 0 bridgehead atoms.